The monoisotopic (exact) mass is 454 g/mol. The van der Waals surface area contributed by atoms with Gasteiger partial charge in [0.1, 0.15) is 0 Å². The number of nitrogens with one attached hydrogen (secondary N) is 1. The molecule has 0 radical (unpaired) electrons. The number of benzene rings is 2. The van der Waals surface area contributed by atoms with Crippen molar-refractivity contribution in [3.8, 4) is 0 Å². The van der Waals surface area contributed by atoms with Crippen molar-refractivity contribution in [2.45, 2.75) is 25.6 Å². The van der Waals surface area contributed by atoms with E-state index in [-0.39, 0.29) is 0 Å². The molecular formula is C26H38N2O3Si. The molecule has 174 valence electrons. The van der Waals surface area contributed by atoms with Crippen LogP contribution in [0, 0.1) is 0 Å². The number of rotatable bonds is 16. The Hall–Kier alpha value is -2.06. The van der Waals surface area contributed by atoms with Crippen LogP contribution < -0.4 is 5.32 Å². The third-order valence-electron chi connectivity index (χ3n) is 5.66. The van der Waals surface area contributed by atoms with Crippen LogP contribution in [-0.4, -0.2) is 54.7 Å². The van der Waals surface area contributed by atoms with Gasteiger partial charge in [-0.3, -0.25) is 4.90 Å². The van der Waals surface area contributed by atoms with Crippen molar-refractivity contribution in [2.75, 3.05) is 41.0 Å². The van der Waals surface area contributed by atoms with Crippen molar-refractivity contribution in [3.05, 3.63) is 83.9 Å². The molecule has 6 heteroatoms. The average molecular weight is 455 g/mol. The zero-order valence-corrected chi connectivity index (χ0v) is 20.8. The smallest absolute Gasteiger partial charge is 0.377 e. The summed E-state index contributed by atoms with van der Waals surface area (Å²) in [6.45, 7) is 12.2. The van der Waals surface area contributed by atoms with E-state index in [9.17, 15) is 0 Å². The number of hydrogen-bond acceptors (Lipinski definition) is 5. The fraction of sp³-hybridized carbons (Fsp3) is 0.385. The zero-order chi connectivity index (χ0) is 23.2. The maximum atomic E-state index is 5.57. The summed E-state index contributed by atoms with van der Waals surface area (Å²) >= 11 is 0. The lowest BCUT2D eigenvalue weighted by molar-refractivity contribution is 0.121. The first-order valence-electron chi connectivity index (χ1n) is 11.1. The van der Waals surface area contributed by atoms with E-state index < -0.39 is 8.80 Å². The second-order valence-corrected chi connectivity index (χ2v) is 10.8. The van der Waals surface area contributed by atoms with Crippen LogP contribution in [0.5, 0.6) is 0 Å². The van der Waals surface area contributed by atoms with E-state index in [2.05, 4.69) is 71.9 Å². The van der Waals surface area contributed by atoms with E-state index in [0.29, 0.717) is 0 Å². The van der Waals surface area contributed by atoms with Gasteiger partial charge in [0.2, 0.25) is 0 Å². The lowest BCUT2D eigenvalue weighted by Crippen LogP contribution is -2.43. The van der Waals surface area contributed by atoms with E-state index >= 15 is 0 Å². The molecule has 0 amide bonds. The minimum atomic E-state index is -2.54. The molecule has 0 aliphatic rings. The summed E-state index contributed by atoms with van der Waals surface area (Å²) in [4.78, 5) is 2.47. The Kier molecular flexibility index (Phi) is 11.6. The van der Waals surface area contributed by atoms with E-state index in [0.717, 1.165) is 56.3 Å². The van der Waals surface area contributed by atoms with Crippen molar-refractivity contribution in [1.29, 1.82) is 0 Å². The maximum Gasteiger partial charge on any atom is 0.500 e. The van der Waals surface area contributed by atoms with Gasteiger partial charge in [0.05, 0.1) is 0 Å². The van der Waals surface area contributed by atoms with Gasteiger partial charge < -0.3 is 18.6 Å². The van der Waals surface area contributed by atoms with Crippen LogP contribution in [0.1, 0.15) is 28.7 Å². The van der Waals surface area contributed by atoms with Crippen LogP contribution in [-0.2, 0) is 26.4 Å². The van der Waals surface area contributed by atoms with E-state index in [1.54, 1.807) is 21.3 Å². The van der Waals surface area contributed by atoms with Crippen LogP contribution in [0.25, 0.3) is 12.2 Å². The highest BCUT2D eigenvalue weighted by molar-refractivity contribution is 6.60. The van der Waals surface area contributed by atoms with Crippen molar-refractivity contribution >= 4 is 21.0 Å². The molecule has 0 spiro atoms. The van der Waals surface area contributed by atoms with Gasteiger partial charge in [-0.15, -0.1) is 0 Å². The molecule has 1 N–H and O–H groups in total. The molecule has 0 fully saturated rings. The van der Waals surface area contributed by atoms with Gasteiger partial charge in [0.15, 0.2) is 0 Å². The Balaban J connectivity index is 1.90. The van der Waals surface area contributed by atoms with Crippen LogP contribution in [0.2, 0.25) is 6.04 Å². The second-order valence-electron chi connectivity index (χ2n) is 7.74. The summed E-state index contributed by atoms with van der Waals surface area (Å²) in [6, 6.07) is 17.9. The van der Waals surface area contributed by atoms with Crippen molar-refractivity contribution in [2.24, 2.45) is 0 Å². The Bertz CT molecular complexity index is 797. The standard InChI is InChI=1S/C26H38N2O3Si/c1-6-23-9-13-25(14-10-23)21-27-17-19-28(18-8-20-32(29-3,30-4)31-5)22-26-15-11-24(7-2)12-16-26/h6-7,9-16,27H,1-2,8,17-22H2,3-5H3. The molecule has 2 aromatic carbocycles. The molecule has 0 aliphatic carbocycles. The number of hydrogen-bond donors (Lipinski definition) is 1. The van der Waals surface area contributed by atoms with Gasteiger partial charge in [0, 0.05) is 53.6 Å². The Morgan fingerprint density at radius 3 is 1.84 bits per heavy atom. The van der Waals surface area contributed by atoms with E-state index in [1.807, 2.05) is 12.2 Å². The third-order valence-corrected chi connectivity index (χ3v) is 8.49. The molecule has 0 aromatic heterocycles. The largest absolute Gasteiger partial charge is 0.500 e. The lowest BCUT2D eigenvalue weighted by atomic mass is 10.1. The molecule has 32 heavy (non-hydrogen) atoms. The fourth-order valence-electron chi connectivity index (χ4n) is 3.60. The molecule has 0 saturated carbocycles. The topological polar surface area (TPSA) is 43.0 Å². The van der Waals surface area contributed by atoms with Crippen molar-refractivity contribution in [1.82, 2.24) is 10.2 Å². The van der Waals surface area contributed by atoms with Crippen LogP contribution in [0.4, 0.5) is 0 Å². The second kappa shape index (κ2) is 14.2. The zero-order valence-electron chi connectivity index (χ0n) is 19.8. The molecular weight excluding hydrogens is 416 g/mol. The van der Waals surface area contributed by atoms with Gasteiger partial charge >= 0.3 is 8.80 Å². The first kappa shape index (κ1) is 26.2. The summed E-state index contributed by atoms with van der Waals surface area (Å²) in [7, 11) is 2.47. The molecule has 0 unspecified atom stereocenters. The van der Waals surface area contributed by atoms with E-state index in [1.165, 1.54) is 11.1 Å². The molecule has 0 atom stereocenters. The highest BCUT2D eigenvalue weighted by Crippen LogP contribution is 2.16. The molecule has 0 saturated heterocycles. The summed E-state index contributed by atoms with van der Waals surface area (Å²) in [6.07, 6.45) is 4.69. The summed E-state index contributed by atoms with van der Waals surface area (Å²) in [5, 5.41) is 3.57. The van der Waals surface area contributed by atoms with Gasteiger partial charge in [-0.1, -0.05) is 73.8 Å². The Morgan fingerprint density at radius 2 is 1.34 bits per heavy atom. The Labute approximate surface area is 195 Å². The molecule has 5 nitrogen and oxygen atoms in total. The third kappa shape index (κ3) is 8.46. The summed E-state index contributed by atoms with van der Waals surface area (Å²) in [5.74, 6) is 0. The minimum absolute atomic E-state index is 0.797. The van der Waals surface area contributed by atoms with Crippen LogP contribution >= 0.6 is 0 Å². The molecule has 2 rings (SSSR count). The maximum absolute atomic E-state index is 5.57. The van der Waals surface area contributed by atoms with Crippen molar-refractivity contribution < 1.29 is 13.3 Å². The predicted molar refractivity (Wildman–Crippen MR) is 136 cm³/mol. The molecule has 0 bridgehead atoms. The SMILES string of the molecule is C=Cc1ccc(CNCCN(CCC[Si](OC)(OC)OC)Cc2ccc(C=C)cc2)cc1. The molecule has 0 heterocycles. The molecule has 2 aromatic rings. The summed E-state index contributed by atoms with van der Waals surface area (Å²) < 4.78 is 16.7. The normalized spacial score (nSPS) is 11.6. The Morgan fingerprint density at radius 1 is 0.812 bits per heavy atom. The average Bonchev–Trinajstić information content (AvgIpc) is 2.85. The lowest BCUT2D eigenvalue weighted by Gasteiger charge is -2.27. The van der Waals surface area contributed by atoms with Gasteiger partial charge in [0.25, 0.3) is 0 Å². The van der Waals surface area contributed by atoms with Gasteiger partial charge in [-0.05, 0) is 35.2 Å². The van der Waals surface area contributed by atoms with E-state index in [4.69, 9.17) is 13.3 Å². The van der Waals surface area contributed by atoms with Gasteiger partial charge in [-0.25, -0.2) is 0 Å². The van der Waals surface area contributed by atoms with Crippen LogP contribution in [0.15, 0.2) is 61.7 Å². The first-order valence-corrected chi connectivity index (χ1v) is 13.0. The summed E-state index contributed by atoms with van der Waals surface area (Å²) in [5.41, 5.74) is 4.85. The van der Waals surface area contributed by atoms with Gasteiger partial charge in [-0.2, -0.15) is 0 Å². The highest BCUT2D eigenvalue weighted by atomic mass is 28.4. The van der Waals surface area contributed by atoms with Crippen molar-refractivity contribution in [3.63, 3.8) is 0 Å². The fourth-order valence-corrected chi connectivity index (χ4v) is 5.31. The first-order chi connectivity index (χ1) is 15.6. The highest BCUT2D eigenvalue weighted by Gasteiger charge is 2.37. The minimum Gasteiger partial charge on any atom is -0.377 e. The van der Waals surface area contributed by atoms with Crippen LogP contribution in [0.3, 0.4) is 0 Å². The predicted octanol–water partition coefficient (Wildman–Crippen LogP) is 4.83. The molecule has 0 aliphatic heterocycles. The number of nitrogens with zero attached hydrogens (tertiary/aromatic N) is 1. The quantitative estimate of drug-likeness (QED) is 0.291.